The zero-order chi connectivity index (χ0) is 14.8. The van der Waals surface area contributed by atoms with Crippen molar-refractivity contribution in [3.63, 3.8) is 0 Å². The molecule has 5 heteroatoms. The van der Waals surface area contributed by atoms with Crippen LogP contribution in [0, 0.1) is 6.92 Å². The van der Waals surface area contributed by atoms with Crippen molar-refractivity contribution < 1.29 is 0 Å². The Kier molecular flexibility index (Phi) is 4.15. The Bertz CT molecular complexity index is 749. The summed E-state index contributed by atoms with van der Waals surface area (Å²) < 4.78 is 0. The molecule has 21 heavy (non-hydrogen) atoms. The first-order valence-electron chi connectivity index (χ1n) is 6.38. The fourth-order valence-corrected chi connectivity index (χ4v) is 3.09. The molecule has 0 saturated heterocycles. The minimum absolute atomic E-state index is 0.720. The Labute approximate surface area is 137 Å². The lowest BCUT2D eigenvalue weighted by atomic mass is 10.1. The fraction of sp³-hybridized carbons (Fsp3) is 0.0625. The summed E-state index contributed by atoms with van der Waals surface area (Å²) in [5, 5.41) is 5.61. The topological polar surface area (TPSA) is 24.9 Å². The van der Waals surface area contributed by atoms with E-state index in [-0.39, 0.29) is 0 Å². The molecule has 0 bridgehead atoms. The van der Waals surface area contributed by atoms with Gasteiger partial charge in [-0.25, -0.2) is 4.98 Å². The molecule has 0 aliphatic rings. The van der Waals surface area contributed by atoms with E-state index in [4.69, 9.17) is 23.2 Å². The van der Waals surface area contributed by atoms with Gasteiger partial charge in [-0.05, 0) is 43.3 Å². The molecular formula is C16H12Cl2N2S. The third-order valence-electron chi connectivity index (χ3n) is 3.01. The zero-order valence-corrected chi connectivity index (χ0v) is 13.6. The van der Waals surface area contributed by atoms with E-state index < -0.39 is 0 Å². The largest absolute Gasteiger partial charge is 0.332 e. The maximum absolute atomic E-state index is 5.92. The van der Waals surface area contributed by atoms with Crippen LogP contribution in [0.5, 0.6) is 0 Å². The third-order valence-corrected chi connectivity index (χ3v) is 4.40. The summed E-state index contributed by atoms with van der Waals surface area (Å²) in [6.45, 7) is 2.06. The van der Waals surface area contributed by atoms with E-state index in [2.05, 4.69) is 17.2 Å². The number of benzene rings is 2. The molecule has 3 aromatic rings. The van der Waals surface area contributed by atoms with Gasteiger partial charge in [0.2, 0.25) is 0 Å². The Hall–Kier alpha value is -1.55. The Morgan fingerprint density at radius 2 is 1.48 bits per heavy atom. The fourth-order valence-electron chi connectivity index (χ4n) is 1.98. The lowest BCUT2D eigenvalue weighted by Crippen LogP contribution is -1.89. The first-order valence-corrected chi connectivity index (χ1v) is 7.95. The van der Waals surface area contributed by atoms with E-state index in [1.807, 2.05) is 48.5 Å². The van der Waals surface area contributed by atoms with Gasteiger partial charge in [-0.2, -0.15) is 0 Å². The molecule has 2 nitrogen and oxygen atoms in total. The number of nitrogens with one attached hydrogen (secondary N) is 1. The summed E-state index contributed by atoms with van der Waals surface area (Å²) in [5.74, 6) is 0. The minimum atomic E-state index is 0.720. The van der Waals surface area contributed by atoms with Crippen LogP contribution < -0.4 is 5.32 Å². The van der Waals surface area contributed by atoms with Crippen LogP contribution in [0.2, 0.25) is 10.0 Å². The van der Waals surface area contributed by atoms with Crippen LogP contribution in [-0.4, -0.2) is 4.98 Å². The van der Waals surface area contributed by atoms with Crippen LogP contribution in [0.15, 0.2) is 48.5 Å². The van der Waals surface area contributed by atoms with Crippen molar-refractivity contribution in [1.82, 2.24) is 4.98 Å². The van der Waals surface area contributed by atoms with Crippen LogP contribution >= 0.6 is 34.5 Å². The molecule has 2 aromatic carbocycles. The van der Waals surface area contributed by atoms with E-state index in [1.54, 1.807) is 11.3 Å². The van der Waals surface area contributed by atoms with Gasteiger partial charge in [-0.1, -0.05) is 35.3 Å². The molecule has 0 radical (unpaired) electrons. The Balaban J connectivity index is 1.87. The Morgan fingerprint density at radius 3 is 2.10 bits per heavy atom. The lowest BCUT2D eigenvalue weighted by Gasteiger charge is -2.02. The summed E-state index contributed by atoms with van der Waals surface area (Å²) in [6, 6.07) is 15.3. The van der Waals surface area contributed by atoms with Gasteiger partial charge in [0.25, 0.3) is 0 Å². The predicted octanol–water partition coefficient (Wildman–Crippen LogP) is 6.17. The van der Waals surface area contributed by atoms with Crippen molar-refractivity contribution >= 4 is 45.4 Å². The number of thiazole rings is 1. The minimum Gasteiger partial charge on any atom is -0.332 e. The average molecular weight is 335 g/mol. The number of hydrogen-bond donors (Lipinski definition) is 1. The molecule has 106 valence electrons. The standard InChI is InChI=1S/C16H12Cl2N2S/c1-10-15(11-2-4-12(17)5-3-11)20-16(21-10)19-14-8-6-13(18)7-9-14/h2-9H,1H3,(H,19,20). The predicted molar refractivity (Wildman–Crippen MR) is 92.0 cm³/mol. The van der Waals surface area contributed by atoms with Crippen LogP contribution in [-0.2, 0) is 0 Å². The first kappa shape index (κ1) is 14.4. The normalized spacial score (nSPS) is 10.6. The number of aryl methyl sites for hydroxylation is 1. The highest BCUT2D eigenvalue weighted by molar-refractivity contribution is 7.16. The molecule has 0 amide bonds. The monoisotopic (exact) mass is 334 g/mol. The van der Waals surface area contributed by atoms with E-state index in [1.165, 1.54) is 0 Å². The molecule has 0 atom stereocenters. The second kappa shape index (κ2) is 6.06. The van der Waals surface area contributed by atoms with Crippen molar-refractivity contribution in [2.45, 2.75) is 6.92 Å². The van der Waals surface area contributed by atoms with E-state index in [0.717, 1.165) is 37.0 Å². The Morgan fingerprint density at radius 1 is 0.905 bits per heavy atom. The molecule has 0 aliphatic carbocycles. The molecule has 1 aromatic heterocycles. The second-order valence-electron chi connectivity index (χ2n) is 4.56. The van der Waals surface area contributed by atoms with Crippen molar-refractivity contribution in [2.75, 3.05) is 5.32 Å². The van der Waals surface area contributed by atoms with Crippen molar-refractivity contribution in [3.05, 3.63) is 63.5 Å². The lowest BCUT2D eigenvalue weighted by molar-refractivity contribution is 1.36. The molecule has 0 unspecified atom stereocenters. The highest BCUT2D eigenvalue weighted by atomic mass is 35.5. The molecule has 3 rings (SSSR count). The molecular weight excluding hydrogens is 323 g/mol. The average Bonchev–Trinajstić information content (AvgIpc) is 2.83. The molecule has 1 N–H and O–H groups in total. The third kappa shape index (κ3) is 3.38. The molecule has 0 aliphatic heterocycles. The van der Waals surface area contributed by atoms with Crippen LogP contribution in [0.4, 0.5) is 10.8 Å². The first-order chi connectivity index (χ1) is 10.1. The SMILES string of the molecule is Cc1sc(Nc2ccc(Cl)cc2)nc1-c1ccc(Cl)cc1. The molecule has 0 saturated carbocycles. The summed E-state index contributed by atoms with van der Waals surface area (Å²) in [6.07, 6.45) is 0. The summed E-state index contributed by atoms with van der Waals surface area (Å²) >= 11 is 13.4. The van der Waals surface area contributed by atoms with Gasteiger partial charge >= 0.3 is 0 Å². The van der Waals surface area contributed by atoms with Gasteiger partial charge in [0.05, 0.1) is 5.69 Å². The summed E-state index contributed by atoms with van der Waals surface area (Å²) in [4.78, 5) is 5.82. The maximum atomic E-state index is 5.92. The summed E-state index contributed by atoms with van der Waals surface area (Å²) in [5.41, 5.74) is 3.02. The van der Waals surface area contributed by atoms with E-state index in [9.17, 15) is 0 Å². The van der Waals surface area contributed by atoms with Gasteiger partial charge in [0.15, 0.2) is 5.13 Å². The molecule has 0 spiro atoms. The van der Waals surface area contributed by atoms with Crippen LogP contribution in [0.25, 0.3) is 11.3 Å². The number of rotatable bonds is 3. The maximum Gasteiger partial charge on any atom is 0.187 e. The molecule has 1 heterocycles. The van der Waals surface area contributed by atoms with Crippen LogP contribution in [0.3, 0.4) is 0 Å². The van der Waals surface area contributed by atoms with E-state index in [0.29, 0.717) is 0 Å². The van der Waals surface area contributed by atoms with E-state index >= 15 is 0 Å². The smallest absolute Gasteiger partial charge is 0.187 e. The van der Waals surface area contributed by atoms with Crippen molar-refractivity contribution in [2.24, 2.45) is 0 Å². The van der Waals surface area contributed by atoms with Gasteiger partial charge in [0, 0.05) is 26.2 Å². The highest BCUT2D eigenvalue weighted by Gasteiger charge is 2.10. The highest BCUT2D eigenvalue weighted by Crippen LogP contribution is 2.32. The number of anilines is 2. The number of aromatic nitrogens is 1. The van der Waals surface area contributed by atoms with Gasteiger partial charge in [-0.15, -0.1) is 11.3 Å². The quantitative estimate of drug-likeness (QED) is 0.619. The van der Waals surface area contributed by atoms with Crippen molar-refractivity contribution in [3.8, 4) is 11.3 Å². The van der Waals surface area contributed by atoms with Gasteiger partial charge < -0.3 is 5.32 Å². The number of nitrogens with zero attached hydrogens (tertiary/aromatic N) is 1. The molecule has 0 fully saturated rings. The van der Waals surface area contributed by atoms with Gasteiger partial charge in [0.1, 0.15) is 0 Å². The van der Waals surface area contributed by atoms with Crippen molar-refractivity contribution in [1.29, 1.82) is 0 Å². The number of hydrogen-bond acceptors (Lipinski definition) is 3. The van der Waals surface area contributed by atoms with Crippen LogP contribution in [0.1, 0.15) is 4.88 Å². The van der Waals surface area contributed by atoms with Gasteiger partial charge in [-0.3, -0.25) is 0 Å². The second-order valence-corrected chi connectivity index (χ2v) is 6.64. The zero-order valence-electron chi connectivity index (χ0n) is 11.2. The number of halogens is 2. The summed E-state index contributed by atoms with van der Waals surface area (Å²) in [7, 11) is 0.